The molecule has 0 atom stereocenters. The van der Waals surface area contributed by atoms with Gasteiger partial charge in [-0.25, -0.2) is 8.78 Å². The molecule has 1 saturated carbocycles. The van der Waals surface area contributed by atoms with Crippen molar-refractivity contribution in [2.45, 2.75) is 38.5 Å². The standard InChI is InChI=1S/C16H18BrF2NO/c17-11-9-12(18)14(13(19)10-11)15(21)20-7-5-16(6-8-20)3-1-2-4-16/h9-10H,1-8H2. The molecule has 1 amide bonds. The van der Waals surface area contributed by atoms with E-state index in [0.29, 0.717) is 23.0 Å². The van der Waals surface area contributed by atoms with E-state index in [4.69, 9.17) is 0 Å². The van der Waals surface area contributed by atoms with Gasteiger partial charge in [-0.1, -0.05) is 28.8 Å². The fourth-order valence-electron chi connectivity index (χ4n) is 3.71. The minimum absolute atomic E-state index is 0.303. The first-order valence-corrected chi connectivity index (χ1v) is 8.24. The lowest BCUT2D eigenvalue weighted by Gasteiger charge is -2.39. The number of piperidine rings is 1. The van der Waals surface area contributed by atoms with Crippen LogP contribution in [-0.4, -0.2) is 23.9 Å². The van der Waals surface area contributed by atoms with Crippen molar-refractivity contribution in [3.8, 4) is 0 Å². The Balaban J connectivity index is 1.75. The summed E-state index contributed by atoms with van der Waals surface area (Å²) in [7, 11) is 0. The quantitative estimate of drug-likeness (QED) is 0.723. The first kappa shape index (κ1) is 14.9. The molecule has 0 bridgehead atoms. The van der Waals surface area contributed by atoms with Gasteiger partial charge in [0.1, 0.15) is 17.2 Å². The number of halogens is 3. The molecule has 1 aromatic rings. The van der Waals surface area contributed by atoms with Crippen LogP contribution in [-0.2, 0) is 0 Å². The second kappa shape index (κ2) is 5.67. The van der Waals surface area contributed by atoms with Gasteiger partial charge in [0, 0.05) is 17.6 Å². The van der Waals surface area contributed by atoms with Crippen LogP contribution in [0.1, 0.15) is 48.9 Å². The van der Waals surface area contributed by atoms with Gasteiger partial charge in [0.2, 0.25) is 0 Å². The van der Waals surface area contributed by atoms with E-state index in [9.17, 15) is 13.6 Å². The third-order valence-electron chi connectivity index (χ3n) is 5.00. The molecule has 0 unspecified atom stereocenters. The van der Waals surface area contributed by atoms with Crippen LogP contribution >= 0.6 is 15.9 Å². The largest absolute Gasteiger partial charge is 0.338 e. The lowest BCUT2D eigenvalue weighted by Crippen LogP contribution is -2.42. The topological polar surface area (TPSA) is 20.3 Å². The Morgan fingerprint density at radius 3 is 2.10 bits per heavy atom. The molecule has 0 aromatic heterocycles. The van der Waals surface area contributed by atoms with E-state index < -0.39 is 23.1 Å². The molecule has 3 rings (SSSR count). The molecule has 1 spiro atoms. The molecule has 0 N–H and O–H groups in total. The molecule has 1 aromatic carbocycles. The molecule has 2 nitrogen and oxygen atoms in total. The monoisotopic (exact) mass is 357 g/mol. The first-order valence-electron chi connectivity index (χ1n) is 7.45. The number of carbonyl (C=O) groups is 1. The van der Waals surface area contributed by atoms with Gasteiger partial charge in [-0.05, 0) is 43.2 Å². The number of nitrogens with zero attached hydrogens (tertiary/aromatic N) is 1. The lowest BCUT2D eigenvalue weighted by atomic mass is 9.77. The zero-order valence-corrected chi connectivity index (χ0v) is 13.4. The zero-order chi connectivity index (χ0) is 15.0. The van der Waals surface area contributed by atoms with Crippen LogP contribution in [0.25, 0.3) is 0 Å². The van der Waals surface area contributed by atoms with Crippen LogP contribution in [0.15, 0.2) is 16.6 Å². The molecule has 21 heavy (non-hydrogen) atoms. The van der Waals surface area contributed by atoms with E-state index in [0.717, 1.165) is 25.0 Å². The van der Waals surface area contributed by atoms with Gasteiger partial charge in [-0.2, -0.15) is 0 Å². The summed E-state index contributed by atoms with van der Waals surface area (Å²) in [4.78, 5) is 14.0. The highest BCUT2D eigenvalue weighted by atomic mass is 79.9. The van der Waals surface area contributed by atoms with Crippen LogP contribution < -0.4 is 0 Å². The van der Waals surface area contributed by atoms with Crippen LogP contribution in [0.2, 0.25) is 0 Å². The van der Waals surface area contributed by atoms with E-state index in [2.05, 4.69) is 15.9 Å². The van der Waals surface area contributed by atoms with Crippen LogP contribution in [0, 0.1) is 17.0 Å². The summed E-state index contributed by atoms with van der Waals surface area (Å²) in [6, 6.07) is 2.28. The fraction of sp³-hybridized carbons (Fsp3) is 0.562. The summed E-state index contributed by atoms with van der Waals surface area (Å²) in [5.74, 6) is -2.12. The van der Waals surface area contributed by atoms with Crippen molar-refractivity contribution in [3.63, 3.8) is 0 Å². The van der Waals surface area contributed by atoms with Gasteiger partial charge in [-0.3, -0.25) is 4.79 Å². The minimum Gasteiger partial charge on any atom is -0.338 e. The Bertz CT molecular complexity index is 536. The van der Waals surface area contributed by atoms with Crippen molar-refractivity contribution >= 4 is 21.8 Å². The molecular weight excluding hydrogens is 340 g/mol. The third-order valence-corrected chi connectivity index (χ3v) is 5.45. The number of likely N-dealkylation sites (tertiary alicyclic amines) is 1. The Labute approximate surface area is 131 Å². The maximum Gasteiger partial charge on any atom is 0.259 e. The molecule has 1 heterocycles. The van der Waals surface area contributed by atoms with E-state index in [1.165, 1.54) is 25.7 Å². The predicted octanol–water partition coefficient (Wildman–Crippen LogP) is 4.52. The van der Waals surface area contributed by atoms with Gasteiger partial charge in [-0.15, -0.1) is 0 Å². The van der Waals surface area contributed by atoms with Crippen molar-refractivity contribution in [2.24, 2.45) is 5.41 Å². The number of carbonyl (C=O) groups excluding carboxylic acids is 1. The lowest BCUT2D eigenvalue weighted by molar-refractivity contribution is 0.0578. The summed E-state index contributed by atoms with van der Waals surface area (Å²) >= 11 is 3.03. The number of hydrogen-bond donors (Lipinski definition) is 0. The van der Waals surface area contributed by atoms with Crippen molar-refractivity contribution in [2.75, 3.05) is 13.1 Å². The van der Waals surface area contributed by atoms with E-state index in [1.54, 1.807) is 4.90 Å². The summed E-state index contributed by atoms with van der Waals surface area (Å²) in [6.07, 6.45) is 6.91. The second-order valence-corrected chi connectivity index (χ2v) is 7.16. The molecule has 1 aliphatic carbocycles. The second-order valence-electron chi connectivity index (χ2n) is 6.24. The van der Waals surface area contributed by atoms with E-state index in [1.807, 2.05) is 0 Å². The first-order chi connectivity index (χ1) is 10.0. The number of benzene rings is 1. The maximum atomic E-state index is 13.9. The number of rotatable bonds is 1. The SMILES string of the molecule is O=C(c1c(F)cc(Br)cc1F)N1CCC2(CCCC2)CC1. The van der Waals surface area contributed by atoms with Gasteiger partial charge >= 0.3 is 0 Å². The summed E-state index contributed by atoms with van der Waals surface area (Å²) < 4.78 is 28.1. The molecule has 2 aliphatic rings. The van der Waals surface area contributed by atoms with Crippen molar-refractivity contribution in [1.82, 2.24) is 4.90 Å². The van der Waals surface area contributed by atoms with Gasteiger partial charge < -0.3 is 4.90 Å². The minimum atomic E-state index is -0.798. The van der Waals surface area contributed by atoms with E-state index in [-0.39, 0.29) is 0 Å². The average molecular weight is 358 g/mol. The van der Waals surface area contributed by atoms with Gasteiger partial charge in [0.05, 0.1) is 0 Å². The molecule has 2 fully saturated rings. The Kier molecular flexibility index (Phi) is 4.04. The van der Waals surface area contributed by atoms with Crippen molar-refractivity contribution in [1.29, 1.82) is 0 Å². The normalized spacial score (nSPS) is 21.0. The third kappa shape index (κ3) is 2.85. The molecule has 0 radical (unpaired) electrons. The summed E-state index contributed by atoms with van der Waals surface area (Å²) in [5.41, 5.74) is -0.0475. The van der Waals surface area contributed by atoms with Crippen molar-refractivity contribution < 1.29 is 13.6 Å². The Hall–Kier alpha value is -0.970. The summed E-state index contributed by atoms with van der Waals surface area (Å²) in [6.45, 7) is 1.21. The number of hydrogen-bond acceptors (Lipinski definition) is 1. The van der Waals surface area contributed by atoms with E-state index >= 15 is 0 Å². The average Bonchev–Trinajstić information content (AvgIpc) is 2.86. The molecule has 1 saturated heterocycles. The van der Waals surface area contributed by atoms with Crippen LogP contribution in [0.5, 0.6) is 0 Å². The highest BCUT2D eigenvalue weighted by Crippen LogP contribution is 2.46. The smallest absolute Gasteiger partial charge is 0.259 e. The molecule has 114 valence electrons. The summed E-state index contributed by atoms with van der Waals surface area (Å²) in [5, 5.41) is 0. The highest BCUT2D eigenvalue weighted by molar-refractivity contribution is 9.10. The highest BCUT2D eigenvalue weighted by Gasteiger charge is 2.38. The predicted molar refractivity (Wildman–Crippen MR) is 80.1 cm³/mol. The van der Waals surface area contributed by atoms with Crippen molar-refractivity contribution in [3.05, 3.63) is 33.8 Å². The zero-order valence-electron chi connectivity index (χ0n) is 11.8. The molecule has 1 aliphatic heterocycles. The van der Waals surface area contributed by atoms with Gasteiger partial charge in [0.15, 0.2) is 0 Å². The fourth-order valence-corrected chi connectivity index (χ4v) is 4.12. The van der Waals surface area contributed by atoms with Crippen LogP contribution in [0.3, 0.4) is 0 Å². The number of amides is 1. The molecule has 5 heteroatoms. The van der Waals surface area contributed by atoms with Gasteiger partial charge in [0.25, 0.3) is 5.91 Å². The maximum absolute atomic E-state index is 13.9. The molecular formula is C16H18BrF2NO. The Morgan fingerprint density at radius 1 is 1.05 bits per heavy atom. The van der Waals surface area contributed by atoms with Crippen LogP contribution in [0.4, 0.5) is 8.78 Å². The Morgan fingerprint density at radius 2 is 1.57 bits per heavy atom.